The maximum Gasteiger partial charge on any atom is 0.255 e. The average Bonchev–Trinajstić information content (AvgIpc) is 3.43. The highest BCUT2D eigenvalue weighted by molar-refractivity contribution is 6.05. The molecule has 0 unspecified atom stereocenters. The van der Waals surface area contributed by atoms with E-state index in [9.17, 15) is 20.1 Å². The summed E-state index contributed by atoms with van der Waals surface area (Å²) in [6, 6.07) is 9.01. The minimum Gasteiger partial charge on any atom is -0.508 e. The Labute approximate surface area is 214 Å². The van der Waals surface area contributed by atoms with Gasteiger partial charge in [0.1, 0.15) is 5.76 Å². The van der Waals surface area contributed by atoms with Gasteiger partial charge in [-0.25, -0.2) is 0 Å². The van der Waals surface area contributed by atoms with Crippen LogP contribution in [0.15, 0.2) is 46.7 Å². The van der Waals surface area contributed by atoms with E-state index >= 15 is 0 Å². The van der Waals surface area contributed by atoms with Crippen molar-refractivity contribution in [2.45, 2.75) is 61.8 Å². The second-order valence-electron chi connectivity index (χ2n) is 11.6. The Kier molecular flexibility index (Phi) is 4.19. The topological polar surface area (TPSA) is 115 Å². The molecule has 3 heterocycles. The fourth-order valence-electron chi connectivity index (χ4n) is 7.75. The molecular weight excluding hydrogens is 470 g/mol. The number of carbonyl (C=O) groups is 1. The fraction of sp³-hybridized carbons (Fsp3) is 0.448. The summed E-state index contributed by atoms with van der Waals surface area (Å²) in [4.78, 5) is 20.3. The third-order valence-corrected chi connectivity index (χ3v) is 9.69. The van der Waals surface area contributed by atoms with Gasteiger partial charge in [-0.15, -0.1) is 0 Å². The lowest BCUT2D eigenvalue weighted by Crippen LogP contribution is -2.75. The molecule has 6 aliphatic rings. The van der Waals surface area contributed by atoms with Crippen LogP contribution in [0.3, 0.4) is 0 Å². The molecule has 37 heavy (non-hydrogen) atoms. The van der Waals surface area contributed by atoms with Gasteiger partial charge in [0, 0.05) is 36.5 Å². The van der Waals surface area contributed by atoms with Gasteiger partial charge in [-0.3, -0.25) is 14.7 Å². The average molecular weight is 500 g/mol. The molecule has 190 valence electrons. The van der Waals surface area contributed by atoms with Gasteiger partial charge in [-0.05, 0) is 73.0 Å². The second kappa shape index (κ2) is 7.14. The molecule has 0 radical (unpaired) electrons. The van der Waals surface area contributed by atoms with E-state index in [1.165, 1.54) is 12.8 Å². The normalized spacial score (nSPS) is 32.7. The van der Waals surface area contributed by atoms with Crippen molar-refractivity contribution in [3.63, 3.8) is 0 Å². The number of aliphatic hydroxyl groups is 2. The lowest BCUT2D eigenvalue weighted by molar-refractivity contribution is -0.172. The van der Waals surface area contributed by atoms with Crippen LogP contribution >= 0.6 is 0 Å². The number of aliphatic hydroxyl groups excluding tert-OH is 1. The third kappa shape index (κ3) is 2.75. The predicted octanol–water partition coefficient (Wildman–Crippen LogP) is 2.95. The monoisotopic (exact) mass is 499 g/mol. The highest BCUT2D eigenvalue weighted by Gasteiger charge is 2.73. The van der Waals surface area contributed by atoms with Crippen LogP contribution in [0.1, 0.15) is 47.9 Å². The van der Waals surface area contributed by atoms with Crippen LogP contribution in [0, 0.1) is 5.92 Å². The van der Waals surface area contributed by atoms with Crippen LogP contribution in [0.5, 0.6) is 11.5 Å². The summed E-state index contributed by atoms with van der Waals surface area (Å²) in [6.07, 6.45) is 4.53. The Morgan fingerprint density at radius 3 is 2.86 bits per heavy atom. The summed E-state index contributed by atoms with van der Waals surface area (Å²) in [6.45, 7) is 2.35. The summed E-state index contributed by atoms with van der Waals surface area (Å²) < 4.78 is 6.27. The van der Waals surface area contributed by atoms with Crippen LogP contribution < -0.4 is 10.1 Å². The van der Waals surface area contributed by atoms with Gasteiger partial charge in [-0.1, -0.05) is 12.1 Å². The van der Waals surface area contributed by atoms with Crippen LogP contribution in [0.25, 0.3) is 0 Å². The third-order valence-electron chi connectivity index (χ3n) is 9.69. The first-order valence-electron chi connectivity index (χ1n) is 13.2. The highest BCUT2D eigenvalue weighted by Crippen LogP contribution is 2.66. The maximum absolute atomic E-state index is 13.6. The number of anilines is 1. The first-order chi connectivity index (χ1) is 17.9. The van der Waals surface area contributed by atoms with Gasteiger partial charge < -0.3 is 25.4 Å². The minimum absolute atomic E-state index is 0.00217. The van der Waals surface area contributed by atoms with Gasteiger partial charge >= 0.3 is 0 Å². The van der Waals surface area contributed by atoms with Crippen molar-refractivity contribution in [2.24, 2.45) is 10.9 Å². The zero-order valence-electron chi connectivity index (χ0n) is 20.4. The van der Waals surface area contributed by atoms with Crippen LogP contribution in [0.2, 0.25) is 0 Å². The van der Waals surface area contributed by atoms with Gasteiger partial charge in [0.15, 0.2) is 17.6 Å². The zero-order chi connectivity index (χ0) is 25.1. The molecule has 8 nitrogen and oxygen atoms in total. The number of carbonyl (C=O) groups excluding carboxylic acids is 1. The Bertz CT molecular complexity index is 1450. The Hall–Kier alpha value is -3.36. The number of phenols is 1. The standard InChI is InChI=1S/C29H29N3O5/c33-21-6-4-16-10-22-29(36)11-20(27(35)31-19-5-3-17-12-30-13-18(17)9-19)24(34)26-28(29,23(16)25(21)37-26)7-8-32(22)14-15-1-2-15/h3-6,9,13,15,22,26,33-34,36H,1-2,7-8,10-12,14H2,(H,31,35)/t22-,26+,28+,29-/m1/s1. The molecule has 1 saturated heterocycles. The number of aliphatic imine (C=N–C) groups is 1. The number of fused-ring (bicyclic) bond motifs is 1. The molecule has 4 N–H and O–H groups in total. The lowest BCUT2D eigenvalue weighted by atomic mass is 9.49. The van der Waals surface area contributed by atoms with Crippen LogP contribution in [-0.4, -0.2) is 63.2 Å². The summed E-state index contributed by atoms with van der Waals surface area (Å²) >= 11 is 0. The van der Waals surface area contributed by atoms with E-state index in [-0.39, 0.29) is 29.5 Å². The molecule has 1 spiro atoms. The summed E-state index contributed by atoms with van der Waals surface area (Å²) in [7, 11) is 0. The Morgan fingerprint density at radius 2 is 2.03 bits per heavy atom. The predicted molar refractivity (Wildman–Crippen MR) is 136 cm³/mol. The lowest BCUT2D eigenvalue weighted by Gasteiger charge is -2.62. The molecule has 1 saturated carbocycles. The van der Waals surface area contributed by atoms with Crippen LogP contribution in [-0.2, 0) is 23.2 Å². The zero-order valence-corrected chi connectivity index (χ0v) is 20.4. The molecule has 8 rings (SSSR count). The van der Waals surface area contributed by atoms with Crippen molar-refractivity contribution in [3.8, 4) is 11.5 Å². The van der Waals surface area contributed by atoms with Gasteiger partial charge in [-0.2, -0.15) is 0 Å². The molecule has 2 bridgehead atoms. The second-order valence-corrected chi connectivity index (χ2v) is 11.6. The van der Waals surface area contributed by atoms with E-state index in [0.29, 0.717) is 36.7 Å². The molecule has 3 aliphatic heterocycles. The number of piperidine rings is 1. The fourth-order valence-corrected chi connectivity index (χ4v) is 7.75. The first-order valence-corrected chi connectivity index (χ1v) is 13.2. The highest BCUT2D eigenvalue weighted by atomic mass is 16.5. The molecule has 1 amide bonds. The number of nitrogens with zero attached hydrogens (tertiary/aromatic N) is 2. The minimum atomic E-state index is -1.32. The van der Waals surface area contributed by atoms with E-state index in [1.54, 1.807) is 12.3 Å². The maximum atomic E-state index is 13.6. The number of aromatic hydroxyl groups is 1. The summed E-state index contributed by atoms with van der Waals surface area (Å²) in [5.41, 5.74) is 2.46. The summed E-state index contributed by atoms with van der Waals surface area (Å²) in [5.74, 6) is 0.395. The number of likely N-dealkylation sites (tertiary alicyclic amines) is 1. The molecule has 8 heteroatoms. The van der Waals surface area contributed by atoms with Crippen LogP contribution in [0.4, 0.5) is 5.69 Å². The Balaban J connectivity index is 1.23. The van der Waals surface area contributed by atoms with Crippen molar-refractivity contribution in [1.82, 2.24) is 4.90 Å². The van der Waals surface area contributed by atoms with Crippen molar-refractivity contribution in [2.75, 3.05) is 18.4 Å². The quantitative estimate of drug-likeness (QED) is 0.514. The number of hydrogen-bond donors (Lipinski definition) is 4. The summed E-state index contributed by atoms with van der Waals surface area (Å²) in [5, 5.41) is 37.9. The number of hydrogen-bond acceptors (Lipinski definition) is 7. The van der Waals surface area contributed by atoms with Crippen molar-refractivity contribution in [1.29, 1.82) is 0 Å². The SMILES string of the molecule is O=C(Nc1ccc2c(c1)C=NC2)C1=C(O)[C@@H]2Oc3c(O)ccc4c3[C@@]23CCN(CC2CC2)[C@H](C4)[C@]3(O)C1. The number of nitrogens with one attached hydrogen (secondary N) is 1. The molecule has 2 fully saturated rings. The molecular formula is C29H29N3O5. The van der Waals surface area contributed by atoms with Crippen molar-refractivity contribution < 1.29 is 24.9 Å². The number of benzene rings is 2. The Morgan fingerprint density at radius 1 is 1.19 bits per heavy atom. The van der Waals surface area contributed by atoms with Crippen molar-refractivity contribution >= 4 is 17.8 Å². The molecule has 2 aromatic rings. The van der Waals surface area contributed by atoms with Gasteiger partial charge in [0.05, 0.1) is 23.1 Å². The number of rotatable bonds is 4. The molecule has 2 aromatic carbocycles. The van der Waals surface area contributed by atoms with E-state index in [2.05, 4.69) is 15.2 Å². The largest absolute Gasteiger partial charge is 0.508 e. The number of ether oxygens (including phenoxy) is 1. The number of phenolic OH excluding ortho intramolecular Hbond substituents is 1. The van der Waals surface area contributed by atoms with Gasteiger partial charge in [0.25, 0.3) is 5.91 Å². The van der Waals surface area contributed by atoms with Gasteiger partial charge in [0.2, 0.25) is 0 Å². The smallest absolute Gasteiger partial charge is 0.255 e. The number of amides is 1. The molecule has 3 aliphatic carbocycles. The first kappa shape index (κ1) is 21.7. The molecule has 4 atom stereocenters. The molecule has 0 aromatic heterocycles. The van der Waals surface area contributed by atoms with E-state index in [0.717, 1.165) is 35.3 Å². The van der Waals surface area contributed by atoms with Crippen molar-refractivity contribution in [3.05, 3.63) is 63.9 Å². The van der Waals surface area contributed by atoms with E-state index in [4.69, 9.17) is 4.74 Å². The van der Waals surface area contributed by atoms with E-state index in [1.807, 2.05) is 24.3 Å². The van der Waals surface area contributed by atoms with E-state index < -0.39 is 23.0 Å².